The zero-order valence-electron chi connectivity index (χ0n) is 12.1. The standard InChI is InChI=1S/C15H14N2O4S.ClH/c1-11-3-2-10-16-15(11)17-22(20,21)13-7-4-12(5-8-13)6-9-14(18)19;/h2-10H,1H3,(H,16,17)(H,18,19);1H/b9-6+;. The summed E-state index contributed by atoms with van der Waals surface area (Å²) < 4.78 is 27.0. The van der Waals surface area contributed by atoms with E-state index in [1.165, 1.54) is 36.5 Å². The number of carboxylic acids is 1. The first kappa shape index (κ1) is 18.7. The molecule has 0 fully saturated rings. The summed E-state index contributed by atoms with van der Waals surface area (Å²) in [5, 5.41) is 8.55. The van der Waals surface area contributed by atoms with Gasteiger partial charge in [-0.3, -0.25) is 4.72 Å². The van der Waals surface area contributed by atoms with Gasteiger partial charge in [-0.15, -0.1) is 12.4 Å². The fourth-order valence-corrected chi connectivity index (χ4v) is 2.78. The summed E-state index contributed by atoms with van der Waals surface area (Å²) in [7, 11) is -3.74. The molecule has 0 aliphatic rings. The van der Waals surface area contributed by atoms with Crippen molar-refractivity contribution in [2.75, 3.05) is 4.72 Å². The Kier molecular flexibility index (Phi) is 6.29. The van der Waals surface area contributed by atoms with Crippen molar-refractivity contribution in [1.29, 1.82) is 0 Å². The number of carbonyl (C=O) groups is 1. The molecule has 2 rings (SSSR count). The first-order valence-electron chi connectivity index (χ1n) is 6.34. The van der Waals surface area contributed by atoms with E-state index in [9.17, 15) is 13.2 Å². The summed E-state index contributed by atoms with van der Waals surface area (Å²) in [6.45, 7) is 1.75. The van der Waals surface area contributed by atoms with Crippen molar-refractivity contribution in [3.05, 3.63) is 59.8 Å². The van der Waals surface area contributed by atoms with Crippen LogP contribution < -0.4 is 4.72 Å². The van der Waals surface area contributed by atoms with E-state index in [-0.39, 0.29) is 23.1 Å². The number of nitrogens with zero attached hydrogens (tertiary/aromatic N) is 1. The molecule has 1 heterocycles. The second-order valence-electron chi connectivity index (χ2n) is 4.52. The van der Waals surface area contributed by atoms with Crippen LogP contribution in [0, 0.1) is 6.92 Å². The molecule has 0 radical (unpaired) electrons. The number of hydrogen-bond acceptors (Lipinski definition) is 4. The second kappa shape index (κ2) is 7.75. The number of benzene rings is 1. The van der Waals surface area contributed by atoms with E-state index < -0.39 is 16.0 Å². The third kappa shape index (κ3) is 5.08. The molecule has 1 aromatic heterocycles. The van der Waals surface area contributed by atoms with Crippen molar-refractivity contribution < 1.29 is 18.3 Å². The van der Waals surface area contributed by atoms with Gasteiger partial charge in [0.2, 0.25) is 0 Å². The molecule has 122 valence electrons. The summed E-state index contributed by atoms with van der Waals surface area (Å²) in [6.07, 6.45) is 3.87. The van der Waals surface area contributed by atoms with Crippen molar-refractivity contribution in [1.82, 2.24) is 4.98 Å². The van der Waals surface area contributed by atoms with E-state index in [0.717, 1.165) is 6.08 Å². The maximum absolute atomic E-state index is 12.3. The molecular weight excluding hydrogens is 340 g/mol. The van der Waals surface area contributed by atoms with E-state index in [1.54, 1.807) is 19.1 Å². The molecule has 8 heteroatoms. The maximum Gasteiger partial charge on any atom is 0.328 e. The number of sulfonamides is 1. The van der Waals surface area contributed by atoms with Gasteiger partial charge in [0, 0.05) is 12.3 Å². The summed E-state index contributed by atoms with van der Waals surface area (Å²) >= 11 is 0. The van der Waals surface area contributed by atoms with Crippen molar-refractivity contribution in [3.8, 4) is 0 Å². The molecule has 6 nitrogen and oxygen atoms in total. The van der Waals surface area contributed by atoms with E-state index in [0.29, 0.717) is 11.1 Å². The van der Waals surface area contributed by atoms with Gasteiger partial charge in [0.25, 0.3) is 10.0 Å². The number of anilines is 1. The Balaban J connectivity index is 0.00000264. The molecule has 23 heavy (non-hydrogen) atoms. The molecule has 0 bridgehead atoms. The molecule has 0 saturated heterocycles. The molecule has 1 aromatic carbocycles. The minimum Gasteiger partial charge on any atom is -0.478 e. The first-order chi connectivity index (χ1) is 10.4. The van der Waals surface area contributed by atoms with Crippen molar-refractivity contribution in [2.45, 2.75) is 11.8 Å². The Hall–Kier alpha value is -2.38. The molecule has 2 N–H and O–H groups in total. The highest BCUT2D eigenvalue weighted by Crippen LogP contribution is 2.17. The average molecular weight is 355 g/mol. The lowest BCUT2D eigenvalue weighted by atomic mass is 10.2. The van der Waals surface area contributed by atoms with Gasteiger partial charge < -0.3 is 5.11 Å². The SMILES string of the molecule is Cc1cccnc1NS(=O)(=O)c1ccc(/C=C/C(=O)O)cc1.Cl. The van der Waals surface area contributed by atoms with Gasteiger partial charge in [-0.2, -0.15) is 0 Å². The minimum absolute atomic E-state index is 0. The van der Waals surface area contributed by atoms with Crippen LogP contribution in [0.25, 0.3) is 6.08 Å². The van der Waals surface area contributed by atoms with Crippen molar-refractivity contribution in [2.24, 2.45) is 0 Å². The van der Waals surface area contributed by atoms with E-state index >= 15 is 0 Å². The fourth-order valence-electron chi connectivity index (χ4n) is 1.70. The third-order valence-electron chi connectivity index (χ3n) is 2.85. The van der Waals surface area contributed by atoms with Gasteiger partial charge in [-0.1, -0.05) is 18.2 Å². The highest BCUT2D eigenvalue weighted by atomic mass is 35.5. The Bertz CT molecular complexity index is 818. The van der Waals surface area contributed by atoms with Crippen LogP contribution in [0.5, 0.6) is 0 Å². The van der Waals surface area contributed by atoms with Gasteiger partial charge in [0.1, 0.15) is 5.82 Å². The lowest BCUT2D eigenvalue weighted by molar-refractivity contribution is -0.131. The van der Waals surface area contributed by atoms with E-state index in [2.05, 4.69) is 9.71 Å². The minimum atomic E-state index is -3.74. The quantitative estimate of drug-likeness (QED) is 0.805. The van der Waals surface area contributed by atoms with Gasteiger partial charge in [-0.05, 0) is 42.3 Å². The highest BCUT2D eigenvalue weighted by molar-refractivity contribution is 7.92. The molecule has 0 unspecified atom stereocenters. The number of aromatic nitrogens is 1. The second-order valence-corrected chi connectivity index (χ2v) is 6.20. The zero-order chi connectivity index (χ0) is 16.2. The Morgan fingerprint density at radius 3 is 2.43 bits per heavy atom. The third-order valence-corrected chi connectivity index (χ3v) is 4.20. The van der Waals surface area contributed by atoms with Crippen LogP contribution in [0.15, 0.2) is 53.6 Å². The van der Waals surface area contributed by atoms with Crippen LogP contribution in [0.1, 0.15) is 11.1 Å². The largest absolute Gasteiger partial charge is 0.478 e. The topological polar surface area (TPSA) is 96.4 Å². The predicted octanol–water partition coefficient (Wildman–Crippen LogP) is 2.71. The fraction of sp³-hybridized carbons (Fsp3) is 0.0667. The number of carboxylic acid groups (broad SMARTS) is 1. The van der Waals surface area contributed by atoms with Gasteiger partial charge in [-0.25, -0.2) is 18.2 Å². The molecule has 0 amide bonds. The van der Waals surface area contributed by atoms with Crippen LogP contribution in [-0.4, -0.2) is 24.5 Å². The van der Waals surface area contributed by atoms with Crippen molar-refractivity contribution in [3.63, 3.8) is 0 Å². The predicted molar refractivity (Wildman–Crippen MR) is 90.1 cm³/mol. The molecule has 0 spiro atoms. The number of hydrogen-bond donors (Lipinski definition) is 2. The summed E-state index contributed by atoms with van der Waals surface area (Å²) in [6, 6.07) is 9.34. The number of aliphatic carboxylic acids is 1. The Morgan fingerprint density at radius 1 is 1.22 bits per heavy atom. The first-order valence-corrected chi connectivity index (χ1v) is 7.82. The Morgan fingerprint density at radius 2 is 1.87 bits per heavy atom. The van der Waals surface area contributed by atoms with Gasteiger partial charge in [0.15, 0.2) is 0 Å². The molecule has 0 aliphatic carbocycles. The lowest BCUT2D eigenvalue weighted by Crippen LogP contribution is -2.14. The smallest absolute Gasteiger partial charge is 0.328 e. The molecular formula is C15H15ClN2O4S. The maximum atomic E-state index is 12.3. The number of nitrogens with one attached hydrogen (secondary N) is 1. The number of halogens is 1. The van der Waals surface area contributed by atoms with Crippen LogP contribution in [0.2, 0.25) is 0 Å². The summed E-state index contributed by atoms with van der Waals surface area (Å²) in [5.74, 6) is -0.790. The highest BCUT2D eigenvalue weighted by Gasteiger charge is 2.15. The number of aryl methyl sites for hydroxylation is 1. The summed E-state index contributed by atoms with van der Waals surface area (Å²) in [5.41, 5.74) is 1.31. The molecule has 0 atom stereocenters. The van der Waals surface area contributed by atoms with Crippen molar-refractivity contribution >= 4 is 40.3 Å². The van der Waals surface area contributed by atoms with E-state index in [1.807, 2.05) is 0 Å². The normalized spacial score (nSPS) is 11.0. The number of pyridine rings is 1. The molecule has 0 aliphatic heterocycles. The number of rotatable bonds is 5. The van der Waals surface area contributed by atoms with Gasteiger partial charge in [0.05, 0.1) is 4.90 Å². The lowest BCUT2D eigenvalue weighted by Gasteiger charge is -2.09. The average Bonchev–Trinajstić information content (AvgIpc) is 2.48. The van der Waals surface area contributed by atoms with Crippen LogP contribution in [0.3, 0.4) is 0 Å². The van der Waals surface area contributed by atoms with Gasteiger partial charge >= 0.3 is 5.97 Å². The van der Waals surface area contributed by atoms with Crippen LogP contribution >= 0.6 is 12.4 Å². The monoisotopic (exact) mass is 354 g/mol. The Labute approximate surface area is 140 Å². The molecule has 0 saturated carbocycles. The zero-order valence-corrected chi connectivity index (χ0v) is 13.8. The summed E-state index contributed by atoms with van der Waals surface area (Å²) in [4.78, 5) is 14.5. The molecule has 2 aromatic rings. The van der Waals surface area contributed by atoms with Crippen LogP contribution in [-0.2, 0) is 14.8 Å². The van der Waals surface area contributed by atoms with E-state index in [4.69, 9.17) is 5.11 Å². The van der Waals surface area contributed by atoms with Crippen LogP contribution in [0.4, 0.5) is 5.82 Å².